The summed E-state index contributed by atoms with van der Waals surface area (Å²) >= 11 is 0. The Morgan fingerprint density at radius 1 is 1.71 bits per heavy atom. The fourth-order valence-corrected chi connectivity index (χ4v) is 1.67. The van der Waals surface area contributed by atoms with Crippen LogP contribution in [0.1, 0.15) is 6.92 Å². The minimum Gasteiger partial charge on any atom is -0.396 e. The Hall–Kier alpha value is -1.26. The van der Waals surface area contributed by atoms with E-state index in [1.807, 2.05) is 6.92 Å². The summed E-state index contributed by atoms with van der Waals surface area (Å²) in [5, 5.41) is 12.2. The topological polar surface area (TPSA) is 89.3 Å². The first-order valence-electron chi connectivity index (χ1n) is 4.58. The van der Waals surface area contributed by atoms with Crippen molar-refractivity contribution in [2.75, 3.05) is 26.2 Å². The van der Waals surface area contributed by atoms with E-state index < -0.39 is 0 Å². The van der Waals surface area contributed by atoms with Gasteiger partial charge in [-0.05, 0) is 11.4 Å². The van der Waals surface area contributed by atoms with Crippen molar-refractivity contribution in [2.24, 2.45) is 17.0 Å². The van der Waals surface area contributed by atoms with Crippen LogP contribution in [-0.2, 0) is 4.79 Å². The molecule has 14 heavy (non-hydrogen) atoms. The number of carbonyl (C=O) groups is 1. The Balaban J connectivity index is 2.48. The standard InChI is InChI=1S/C8H14N4O2/c1-6-3-12(4-7(6)5-13)8(14)2-10-11-9/h6-7,13H,2-5H2,1H3/t6-,7-/m1/s1. The second kappa shape index (κ2) is 4.83. The largest absolute Gasteiger partial charge is 0.396 e. The Morgan fingerprint density at radius 2 is 2.43 bits per heavy atom. The van der Waals surface area contributed by atoms with E-state index in [0.717, 1.165) is 0 Å². The number of aliphatic hydroxyl groups excluding tert-OH is 1. The van der Waals surface area contributed by atoms with Gasteiger partial charge in [0, 0.05) is 30.5 Å². The normalized spacial score (nSPS) is 26.0. The Labute approximate surface area is 82.1 Å². The average molecular weight is 198 g/mol. The van der Waals surface area contributed by atoms with Gasteiger partial charge in [0.1, 0.15) is 6.54 Å². The third kappa shape index (κ3) is 2.37. The van der Waals surface area contributed by atoms with E-state index >= 15 is 0 Å². The molecule has 78 valence electrons. The zero-order valence-corrected chi connectivity index (χ0v) is 8.13. The fourth-order valence-electron chi connectivity index (χ4n) is 1.67. The minimum absolute atomic E-state index is 0.104. The molecule has 0 aliphatic carbocycles. The molecule has 1 aliphatic rings. The van der Waals surface area contributed by atoms with Crippen molar-refractivity contribution in [1.29, 1.82) is 0 Å². The molecule has 1 amide bonds. The predicted octanol–water partition coefficient (Wildman–Crippen LogP) is 0.384. The first-order valence-corrected chi connectivity index (χ1v) is 4.58. The molecule has 0 aromatic rings. The van der Waals surface area contributed by atoms with Crippen molar-refractivity contribution in [2.45, 2.75) is 6.92 Å². The van der Waals surface area contributed by atoms with Crippen LogP contribution in [0.25, 0.3) is 10.4 Å². The van der Waals surface area contributed by atoms with E-state index in [9.17, 15) is 4.79 Å². The Morgan fingerprint density at radius 3 is 2.93 bits per heavy atom. The molecule has 1 rings (SSSR count). The molecule has 0 saturated carbocycles. The maximum absolute atomic E-state index is 11.4. The zero-order valence-electron chi connectivity index (χ0n) is 8.13. The van der Waals surface area contributed by atoms with Gasteiger partial charge >= 0.3 is 0 Å². The molecule has 0 aromatic heterocycles. The number of rotatable bonds is 3. The summed E-state index contributed by atoms with van der Waals surface area (Å²) in [6.07, 6.45) is 0. The quantitative estimate of drug-likeness (QED) is 0.403. The first-order chi connectivity index (χ1) is 6.69. The molecule has 0 bridgehead atoms. The fraction of sp³-hybridized carbons (Fsp3) is 0.875. The van der Waals surface area contributed by atoms with Gasteiger partial charge in [0.2, 0.25) is 5.91 Å². The van der Waals surface area contributed by atoms with Crippen molar-refractivity contribution in [1.82, 2.24) is 4.90 Å². The van der Waals surface area contributed by atoms with E-state index in [-0.39, 0.29) is 25.0 Å². The van der Waals surface area contributed by atoms with Gasteiger partial charge in [0.05, 0.1) is 0 Å². The van der Waals surface area contributed by atoms with Crippen molar-refractivity contribution in [3.05, 3.63) is 10.4 Å². The lowest BCUT2D eigenvalue weighted by atomic mass is 10.00. The van der Waals surface area contributed by atoms with Crippen LogP contribution in [0.15, 0.2) is 5.11 Å². The summed E-state index contributed by atoms with van der Waals surface area (Å²) in [5.74, 6) is 0.311. The van der Waals surface area contributed by atoms with Crippen LogP contribution in [0, 0.1) is 11.8 Å². The highest BCUT2D eigenvalue weighted by Crippen LogP contribution is 2.22. The summed E-state index contributed by atoms with van der Waals surface area (Å²) < 4.78 is 0. The summed E-state index contributed by atoms with van der Waals surface area (Å²) in [4.78, 5) is 15.6. The third-order valence-electron chi connectivity index (χ3n) is 2.62. The van der Waals surface area contributed by atoms with Crippen molar-refractivity contribution >= 4 is 5.91 Å². The summed E-state index contributed by atoms with van der Waals surface area (Å²) in [6, 6.07) is 0. The summed E-state index contributed by atoms with van der Waals surface area (Å²) in [7, 11) is 0. The number of hydrogen-bond acceptors (Lipinski definition) is 3. The molecule has 6 nitrogen and oxygen atoms in total. The molecule has 2 atom stereocenters. The zero-order chi connectivity index (χ0) is 10.6. The number of carbonyl (C=O) groups excluding carboxylic acids is 1. The Kier molecular flexibility index (Phi) is 3.73. The molecule has 0 spiro atoms. The average Bonchev–Trinajstić information content (AvgIpc) is 2.56. The predicted molar refractivity (Wildman–Crippen MR) is 50.3 cm³/mol. The van der Waals surface area contributed by atoms with E-state index in [2.05, 4.69) is 10.0 Å². The highest BCUT2D eigenvalue weighted by atomic mass is 16.3. The lowest BCUT2D eigenvalue weighted by Crippen LogP contribution is -2.30. The lowest BCUT2D eigenvalue weighted by molar-refractivity contribution is -0.128. The SMILES string of the molecule is C[C@@H]1CN(C(=O)CN=[N+]=[N-])C[C@@H]1CO. The number of likely N-dealkylation sites (tertiary alicyclic amines) is 1. The van der Waals surface area contributed by atoms with Gasteiger partial charge in [-0.25, -0.2) is 0 Å². The Bertz CT molecular complexity index is 262. The van der Waals surface area contributed by atoms with E-state index in [4.69, 9.17) is 10.6 Å². The van der Waals surface area contributed by atoms with Crippen LogP contribution in [0.5, 0.6) is 0 Å². The highest BCUT2D eigenvalue weighted by molar-refractivity contribution is 5.78. The third-order valence-corrected chi connectivity index (χ3v) is 2.62. The maximum Gasteiger partial charge on any atom is 0.228 e. The first kappa shape index (κ1) is 10.8. The molecular formula is C8H14N4O2. The van der Waals surface area contributed by atoms with Crippen molar-refractivity contribution in [3.8, 4) is 0 Å². The molecule has 0 radical (unpaired) electrons. The van der Waals surface area contributed by atoms with E-state index in [1.165, 1.54) is 0 Å². The van der Waals surface area contributed by atoms with Crippen molar-refractivity contribution < 1.29 is 9.90 Å². The van der Waals surface area contributed by atoms with Gasteiger partial charge in [0.15, 0.2) is 0 Å². The summed E-state index contributed by atoms with van der Waals surface area (Å²) in [5.41, 5.74) is 8.06. The van der Waals surface area contributed by atoms with Crippen LogP contribution >= 0.6 is 0 Å². The number of amides is 1. The van der Waals surface area contributed by atoms with E-state index in [1.54, 1.807) is 4.90 Å². The van der Waals surface area contributed by atoms with Gasteiger partial charge in [-0.2, -0.15) is 0 Å². The van der Waals surface area contributed by atoms with Gasteiger partial charge in [-0.3, -0.25) is 4.79 Å². The lowest BCUT2D eigenvalue weighted by Gasteiger charge is -2.14. The number of hydrogen-bond donors (Lipinski definition) is 1. The van der Waals surface area contributed by atoms with Gasteiger partial charge in [-0.15, -0.1) is 0 Å². The molecule has 1 N–H and O–H groups in total. The summed E-state index contributed by atoms with van der Waals surface area (Å²) in [6.45, 7) is 3.19. The van der Waals surface area contributed by atoms with Crippen LogP contribution in [0.4, 0.5) is 0 Å². The number of azide groups is 1. The molecule has 1 saturated heterocycles. The molecule has 1 aliphatic heterocycles. The molecule has 1 fully saturated rings. The van der Waals surface area contributed by atoms with Crippen molar-refractivity contribution in [3.63, 3.8) is 0 Å². The molecule has 6 heteroatoms. The second-order valence-electron chi connectivity index (χ2n) is 3.61. The minimum atomic E-state index is -0.161. The maximum atomic E-state index is 11.4. The highest BCUT2D eigenvalue weighted by Gasteiger charge is 2.31. The molecule has 0 unspecified atom stereocenters. The van der Waals surface area contributed by atoms with Crippen LogP contribution < -0.4 is 0 Å². The number of nitrogens with zero attached hydrogens (tertiary/aromatic N) is 4. The van der Waals surface area contributed by atoms with Crippen LogP contribution in [0.3, 0.4) is 0 Å². The van der Waals surface area contributed by atoms with E-state index in [0.29, 0.717) is 19.0 Å². The molecule has 1 heterocycles. The monoisotopic (exact) mass is 198 g/mol. The van der Waals surface area contributed by atoms with Crippen LogP contribution in [0.2, 0.25) is 0 Å². The molecule has 0 aromatic carbocycles. The van der Waals surface area contributed by atoms with Crippen LogP contribution in [-0.4, -0.2) is 42.2 Å². The van der Waals surface area contributed by atoms with Gasteiger partial charge in [-0.1, -0.05) is 12.0 Å². The number of aliphatic hydroxyl groups is 1. The smallest absolute Gasteiger partial charge is 0.228 e. The molecular weight excluding hydrogens is 184 g/mol. The van der Waals surface area contributed by atoms with Gasteiger partial charge in [0.25, 0.3) is 0 Å². The second-order valence-corrected chi connectivity index (χ2v) is 3.61. The van der Waals surface area contributed by atoms with Gasteiger partial charge < -0.3 is 10.0 Å².